The Balaban J connectivity index is 2.27. The van der Waals surface area contributed by atoms with E-state index in [-0.39, 0.29) is 0 Å². The summed E-state index contributed by atoms with van der Waals surface area (Å²) in [5, 5.41) is 0. The fourth-order valence-corrected chi connectivity index (χ4v) is 1.58. The highest BCUT2D eigenvalue weighted by Crippen LogP contribution is 2.50. The third-order valence-corrected chi connectivity index (χ3v) is 2.26. The SMILES string of the molecule is CC1(C)CCCC2=C1O2. The maximum atomic E-state index is 5.33. The molecule has 0 radical (unpaired) electrons. The van der Waals surface area contributed by atoms with Gasteiger partial charge in [0, 0.05) is 11.8 Å². The Kier molecular flexibility index (Phi) is 0.792. The van der Waals surface area contributed by atoms with Crippen LogP contribution in [0.2, 0.25) is 0 Å². The van der Waals surface area contributed by atoms with Crippen molar-refractivity contribution in [3.63, 3.8) is 0 Å². The highest BCUT2D eigenvalue weighted by molar-refractivity contribution is 5.26. The van der Waals surface area contributed by atoms with Crippen molar-refractivity contribution in [1.82, 2.24) is 0 Å². The summed E-state index contributed by atoms with van der Waals surface area (Å²) in [5.41, 5.74) is 0.369. The predicted molar refractivity (Wildman–Crippen MR) is 35.7 cm³/mol. The minimum atomic E-state index is 0.369. The molecule has 0 saturated heterocycles. The first-order valence-electron chi connectivity index (χ1n) is 3.62. The summed E-state index contributed by atoms with van der Waals surface area (Å²) in [4.78, 5) is 0. The molecule has 1 aliphatic carbocycles. The Morgan fingerprint density at radius 2 is 2.22 bits per heavy atom. The largest absolute Gasteiger partial charge is 0.458 e. The second-order valence-electron chi connectivity index (χ2n) is 3.59. The van der Waals surface area contributed by atoms with E-state index in [4.69, 9.17) is 4.74 Å². The van der Waals surface area contributed by atoms with Crippen molar-refractivity contribution in [2.24, 2.45) is 5.41 Å². The van der Waals surface area contributed by atoms with Crippen LogP contribution in [0, 0.1) is 5.41 Å². The van der Waals surface area contributed by atoms with Gasteiger partial charge in [-0.05, 0) is 12.8 Å². The summed E-state index contributed by atoms with van der Waals surface area (Å²) in [6.45, 7) is 4.52. The van der Waals surface area contributed by atoms with Crippen LogP contribution in [0.1, 0.15) is 33.1 Å². The van der Waals surface area contributed by atoms with Crippen LogP contribution in [-0.4, -0.2) is 0 Å². The summed E-state index contributed by atoms with van der Waals surface area (Å²) in [6, 6.07) is 0. The van der Waals surface area contributed by atoms with Crippen LogP contribution in [-0.2, 0) is 4.74 Å². The average molecular weight is 124 g/mol. The van der Waals surface area contributed by atoms with E-state index < -0.39 is 0 Å². The molecule has 2 rings (SSSR count). The van der Waals surface area contributed by atoms with Gasteiger partial charge in [-0.25, -0.2) is 0 Å². The topological polar surface area (TPSA) is 12.5 Å². The number of ether oxygens (including phenoxy) is 1. The summed E-state index contributed by atoms with van der Waals surface area (Å²) in [7, 11) is 0. The Morgan fingerprint density at radius 1 is 1.44 bits per heavy atom. The van der Waals surface area contributed by atoms with Crippen LogP contribution in [0.5, 0.6) is 0 Å². The van der Waals surface area contributed by atoms with Crippen LogP contribution in [0.3, 0.4) is 0 Å². The number of hydrogen-bond donors (Lipinski definition) is 0. The molecule has 0 bridgehead atoms. The predicted octanol–water partition coefficient (Wildman–Crippen LogP) is 2.44. The second kappa shape index (κ2) is 1.34. The normalized spacial score (nSPS) is 29.1. The number of allylic oxidation sites excluding steroid dienone is 2. The van der Waals surface area contributed by atoms with Gasteiger partial charge in [0.05, 0.1) is 0 Å². The van der Waals surface area contributed by atoms with Gasteiger partial charge in [-0.2, -0.15) is 0 Å². The first-order chi connectivity index (χ1) is 4.20. The van der Waals surface area contributed by atoms with Crippen molar-refractivity contribution >= 4 is 0 Å². The first-order valence-corrected chi connectivity index (χ1v) is 3.62. The zero-order valence-electron chi connectivity index (χ0n) is 6.03. The fourth-order valence-electron chi connectivity index (χ4n) is 1.58. The Labute approximate surface area is 55.7 Å². The molecule has 1 aliphatic heterocycles. The molecule has 9 heavy (non-hydrogen) atoms. The van der Waals surface area contributed by atoms with Crippen molar-refractivity contribution in [2.75, 3.05) is 0 Å². The van der Waals surface area contributed by atoms with Gasteiger partial charge in [-0.3, -0.25) is 0 Å². The van der Waals surface area contributed by atoms with E-state index in [1.54, 1.807) is 0 Å². The molecule has 0 spiro atoms. The van der Waals surface area contributed by atoms with Gasteiger partial charge in [-0.1, -0.05) is 13.8 Å². The molecule has 1 heteroatoms. The van der Waals surface area contributed by atoms with Crippen molar-refractivity contribution < 1.29 is 4.74 Å². The molecular formula is C8H12O. The van der Waals surface area contributed by atoms with Gasteiger partial charge in [0.1, 0.15) is 11.5 Å². The van der Waals surface area contributed by atoms with Crippen LogP contribution in [0.4, 0.5) is 0 Å². The van der Waals surface area contributed by atoms with Crippen molar-refractivity contribution in [3.05, 3.63) is 11.5 Å². The van der Waals surface area contributed by atoms with E-state index in [1.165, 1.54) is 30.8 Å². The number of rotatable bonds is 0. The minimum Gasteiger partial charge on any atom is -0.458 e. The van der Waals surface area contributed by atoms with E-state index in [0.29, 0.717) is 5.41 Å². The van der Waals surface area contributed by atoms with Crippen molar-refractivity contribution in [2.45, 2.75) is 33.1 Å². The third kappa shape index (κ3) is 0.673. The second-order valence-corrected chi connectivity index (χ2v) is 3.59. The third-order valence-electron chi connectivity index (χ3n) is 2.26. The molecule has 0 saturated carbocycles. The summed E-state index contributed by atoms with van der Waals surface area (Å²) in [6.07, 6.45) is 3.80. The molecule has 0 aromatic carbocycles. The molecule has 0 aromatic rings. The van der Waals surface area contributed by atoms with Crippen LogP contribution in [0.25, 0.3) is 0 Å². The van der Waals surface area contributed by atoms with Gasteiger partial charge >= 0.3 is 0 Å². The van der Waals surface area contributed by atoms with Gasteiger partial charge in [0.2, 0.25) is 0 Å². The fraction of sp³-hybridized carbons (Fsp3) is 0.750. The minimum absolute atomic E-state index is 0.369. The van der Waals surface area contributed by atoms with E-state index in [1.807, 2.05) is 0 Å². The molecule has 2 aliphatic rings. The quantitative estimate of drug-likeness (QED) is 0.483. The smallest absolute Gasteiger partial charge is 0.147 e. The van der Waals surface area contributed by atoms with Crippen molar-refractivity contribution in [1.29, 1.82) is 0 Å². The number of hydrogen-bond acceptors (Lipinski definition) is 1. The molecule has 0 unspecified atom stereocenters. The summed E-state index contributed by atoms with van der Waals surface area (Å²) >= 11 is 0. The van der Waals surface area contributed by atoms with Crippen LogP contribution in [0.15, 0.2) is 11.5 Å². The first kappa shape index (κ1) is 5.33. The van der Waals surface area contributed by atoms with E-state index >= 15 is 0 Å². The van der Waals surface area contributed by atoms with Crippen molar-refractivity contribution in [3.8, 4) is 0 Å². The molecule has 50 valence electrons. The van der Waals surface area contributed by atoms with E-state index in [0.717, 1.165) is 0 Å². The highest BCUT2D eigenvalue weighted by Gasteiger charge is 2.41. The van der Waals surface area contributed by atoms with Gasteiger partial charge in [-0.15, -0.1) is 0 Å². The standard InChI is InChI=1S/C8H12O/c1-8(2)5-3-4-6-7(8)9-6/h3-5H2,1-2H3. The summed E-state index contributed by atoms with van der Waals surface area (Å²) in [5.74, 6) is 2.57. The summed E-state index contributed by atoms with van der Waals surface area (Å²) < 4.78 is 5.33. The maximum absolute atomic E-state index is 5.33. The molecule has 0 N–H and O–H groups in total. The molecule has 0 amide bonds. The van der Waals surface area contributed by atoms with E-state index in [9.17, 15) is 0 Å². The molecule has 0 aromatic heterocycles. The Morgan fingerprint density at radius 3 is 2.78 bits per heavy atom. The molecule has 1 heterocycles. The lowest BCUT2D eigenvalue weighted by molar-refractivity contribution is 0.328. The highest BCUT2D eigenvalue weighted by atomic mass is 16.6. The van der Waals surface area contributed by atoms with Crippen LogP contribution < -0.4 is 0 Å². The Hall–Kier alpha value is -0.460. The molecule has 1 nitrogen and oxygen atoms in total. The maximum Gasteiger partial charge on any atom is 0.147 e. The molecule has 0 fully saturated rings. The van der Waals surface area contributed by atoms with E-state index in [2.05, 4.69) is 13.8 Å². The molecule has 0 atom stereocenters. The monoisotopic (exact) mass is 124 g/mol. The zero-order chi connectivity index (χ0) is 6.48. The lowest BCUT2D eigenvalue weighted by Crippen LogP contribution is -2.10. The Bertz CT molecular complexity index is 177. The lowest BCUT2D eigenvalue weighted by Gasteiger charge is -2.18. The zero-order valence-corrected chi connectivity index (χ0v) is 6.03. The molecular weight excluding hydrogens is 112 g/mol. The van der Waals surface area contributed by atoms with Crippen LogP contribution >= 0.6 is 0 Å². The van der Waals surface area contributed by atoms with Gasteiger partial charge in [0.15, 0.2) is 0 Å². The van der Waals surface area contributed by atoms with Gasteiger partial charge in [0.25, 0.3) is 0 Å². The lowest BCUT2D eigenvalue weighted by atomic mass is 9.83. The average Bonchev–Trinajstić information content (AvgIpc) is 2.43. The van der Waals surface area contributed by atoms with Gasteiger partial charge < -0.3 is 4.74 Å².